The van der Waals surface area contributed by atoms with E-state index in [4.69, 9.17) is 5.11 Å². The third-order valence-electron chi connectivity index (χ3n) is 3.08. The zero-order chi connectivity index (χ0) is 16.4. The van der Waals surface area contributed by atoms with Gasteiger partial charge in [-0.15, -0.1) is 0 Å². The first-order valence-corrected chi connectivity index (χ1v) is 7.39. The molecule has 0 heterocycles. The summed E-state index contributed by atoms with van der Waals surface area (Å²) in [5, 5.41) is 11.8. The Labute approximate surface area is 131 Å². The van der Waals surface area contributed by atoms with E-state index in [1.54, 1.807) is 6.08 Å². The fourth-order valence-electron chi connectivity index (χ4n) is 1.99. The largest absolute Gasteiger partial charge is 0.481 e. The Hall–Kier alpha value is -2.36. The molecule has 0 radical (unpaired) electrons. The van der Waals surface area contributed by atoms with E-state index >= 15 is 0 Å². The number of carboxylic acids is 1. The quantitative estimate of drug-likeness (QED) is 0.710. The van der Waals surface area contributed by atoms with E-state index in [0.29, 0.717) is 6.42 Å². The van der Waals surface area contributed by atoms with Crippen LogP contribution in [0.2, 0.25) is 0 Å². The average Bonchev–Trinajstić information content (AvgIpc) is 2.41. The standard InChI is InChI=1S/C18H23NO3/c1-14(2)12-16(18(21)22)13-19-17(20)11-10-15-8-6-4-3-5-7-9-15/h3-11,14,16H,12-13H2,1-2H3,(H,19,20)(H,21,22)/b4-3-,5-3?,6-4?,7-5-,8-6-,9-7?,11-10+,15-8?,15-9+. The molecular weight excluding hydrogens is 278 g/mol. The van der Waals surface area contributed by atoms with Gasteiger partial charge in [0.25, 0.3) is 0 Å². The van der Waals surface area contributed by atoms with Gasteiger partial charge in [-0.25, -0.2) is 0 Å². The number of carboxylic acid groups (broad SMARTS) is 1. The first kappa shape index (κ1) is 17.7. The number of aliphatic carboxylic acids is 1. The van der Waals surface area contributed by atoms with Crippen LogP contribution in [0.5, 0.6) is 0 Å². The van der Waals surface area contributed by atoms with Crippen molar-refractivity contribution in [1.29, 1.82) is 0 Å². The summed E-state index contributed by atoms with van der Waals surface area (Å²) in [4.78, 5) is 22.9. The van der Waals surface area contributed by atoms with Crippen LogP contribution < -0.4 is 5.32 Å². The number of carbonyl (C=O) groups excluding carboxylic acids is 1. The lowest BCUT2D eigenvalue weighted by atomic mass is 9.97. The predicted molar refractivity (Wildman–Crippen MR) is 88.2 cm³/mol. The molecule has 1 unspecified atom stereocenters. The van der Waals surface area contributed by atoms with Crippen molar-refractivity contribution in [3.63, 3.8) is 0 Å². The maximum atomic E-state index is 11.8. The van der Waals surface area contributed by atoms with Crippen molar-refractivity contribution in [2.45, 2.75) is 20.3 Å². The molecule has 1 aliphatic rings. The van der Waals surface area contributed by atoms with Crippen molar-refractivity contribution in [3.8, 4) is 0 Å². The molecule has 2 N–H and O–H groups in total. The second-order valence-electron chi connectivity index (χ2n) is 5.54. The molecule has 0 bridgehead atoms. The number of carbonyl (C=O) groups is 2. The van der Waals surface area contributed by atoms with E-state index in [0.717, 1.165) is 5.57 Å². The van der Waals surface area contributed by atoms with Gasteiger partial charge in [0.05, 0.1) is 5.92 Å². The zero-order valence-electron chi connectivity index (χ0n) is 13.0. The van der Waals surface area contributed by atoms with E-state index in [2.05, 4.69) is 5.32 Å². The van der Waals surface area contributed by atoms with Gasteiger partial charge in [0.2, 0.25) is 5.91 Å². The number of nitrogens with one attached hydrogen (secondary N) is 1. The lowest BCUT2D eigenvalue weighted by molar-refractivity contribution is -0.142. The lowest BCUT2D eigenvalue weighted by Gasteiger charge is -2.14. The van der Waals surface area contributed by atoms with Crippen LogP contribution in [-0.4, -0.2) is 23.5 Å². The van der Waals surface area contributed by atoms with Crippen molar-refractivity contribution in [1.82, 2.24) is 5.32 Å². The van der Waals surface area contributed by atoms with E-state index in [1.165, 1.54) is 6.08 Å². The van der Waals surface area contributed by atoms with Crippen molar-refractivity contribution in [3.05, 3.63) is 60.3 Å². The summed E-state index contributed by atoms with van der Waals surface area (Å²) in [5.41, 5.74) is 0.896. The normalized spacial score (nSPS) is 22.2. The van der Waals surface area contributed by atoms with Gasteiger partial charge < -0.3 is 10.4 Å². The SMILES string of the molecule is CC(C)CC(CNC(=O)/C=C/C1=C/C=C\C=C/C=C\1)C(=O)O. The third kappa shape index (κ3) is 7.43. The van der Waals surface area contributed by atoms with Crippen LogP contribution in [0.4, 0.5) is 0 Å². The van der Waals surface area contributed by atoms with Gasteiger partial charge in [-0.2, -0.15) is 0 Å². The highest BCUT2D eigenvalue weighted by atomic mass is 16.4. The Balaban J connectivity index is 2.51. The Morgan fingerprint density at radius 3 is 2.55 bits per heavy atom. The van der Waals surface area contributed by atoms with Gasteiger partial charge in [0, 0.05) is 12.6 Å². The maximum absolute atomic E-state index is 11.8. The molecule has 1 aliphatic carbocycles. The van der Waals surface area contributed by atoms with Crippen molar-refractivity contribution in [2.24, 2.45) is 11.8 Å². The molecule has 22 heavy (non-hydrogen) atoms. The van der Waals surface area contributed by atoms with Crippen molar-refractivity contribution >= 4 is 11.9 Å². The Morgan fingerprint density at radius 2 is 1.86 bits per heavy atom. The number of rotatable bonds is 7. The zero-order valence-corrected chi connectivity index (χ0v) is 13.0. The van der Waals surface area contributed by atoms with Gasteiger partial charge >= 0.3 is 5.97 Å². The Kier molecular flexibility index (Phi) is 7.68. The highest BCUT2D eigenvalue weighted by Crippen LogP contribution is 2.11. The Bertz CT molecular complexity index is 537. The molecule has 0 aromatic rings. The minimum absolute atomic E-state index is 0.147. The van der Waals surface area contributed by atoms with Gasteiger partial charge in [0.15, 0.2) is 0 Å². The molecule has 4 heteroatoms. The van der Waals surface area contributed by atoms with Crippen LogP contribution in [-0.2, 0) is 9.59 Å². The van der Waals surface area contributed by atoms with Crippen LogP contribution in [0.25, 0.3) is 0 Å². The average molecular weight is 301 g/mol. The summed E-state index contributed by atoms with van der Waals surface area (Å²) in [7, 11) is 0. The molecule has 0 aromatic heterocycles. The Morgan fingerprint density at radius 1 is 1.18 bits per heavy atom. The highest BCUT2D eigenvalue weighted by molar-refractivity contribution is 5.88. The monoisotopic (exact) mass is 301 g/mol. The summed E-state index contributed by atoms with van der Waals surface area (Å²) >= 11 is 0. The molecular formula is C18H23NO3. The summed E-state index contributed by atoms with van der Waals surface area (Å²) in [6.07, 6.45) is 17.0. The highest BCUT2D eigenvalue weighted by Gasteiger charge is 2.19. The second kappa shape index (κ2) is 9.55. The van der Waals surface area contributed by atoms with Crippen LogP contribution in [0.3, 0.4) is 0 Å². The van der Waals surface area contributed by atoms with Crippen molar-refractivity contribution in [2.75, 3.05) is 6.54 Å². The third-order valence-corrected chi connectivity index (χ3v) is 3.08. The van der Waals surface area contributed by atoms with E-state index in [-0.39, 0.29) is 18.4 Å². The van der Waals surface area contributed by atoms with Crippen LogP contribution in [0.1, 0.15) is 20.3 Å². The molecule has 0 saturated heterocycles. The number of hydrogen-bond acceptors (Lipinski definition) is 2. The molecule has 0 saturated carbocycles. The fourth-order valence-corrected chi connectivity index (χ4v) is 1.99. The minimum atomic E-state index is -0.874. The summed E-state index contributed by atoms with van der Waals surface area (Å²) in [5.74, 6) is -1.43. The molecule has 0 fully saturated rings. The van der Waals surface area contributed by atoms with Gasteiger partial charge in [-0.05, 0) is 24.0 Å². The number of hydrogen-bond donors (Lipinski definition) is 2. The van der Waals surface area contributed by atoms with Gasteiger partial charge in [-0.3, -0.25) is 9.59 Å². The van der Waals surface area contributed by atoms with E-state index in [9.17, 15) is 9.59 Å². The molecule has 4 nitrogen and oxygen atoms in total. The molecule has 1 rings (SSSR count). The van der Waals surface area contributed by atoms with Crippen molar-refractivity contribution < 1.29 is 14.7 Å². The van der Waals surface area contributed by atoms with Gasteiger partial charge in [0.1, 0.15) is 0 Å². The number of amides is 1. The van der Waals surface area contributed by atoms with Gasteiger partial charge in [-0.1, -0.05) is 56.4 Å². The topological polar surface area (TPSA) is 66.4 Å². The number of allylic oxidation sites excluding steroid dienone is 9. The molecule has 1 atom stereocenters. The summed E-state index contributed by atoms with van der Waals surface area (Å²) in [6.45, 7) is 4.08. The second-order valence-corrected chi connectivity index (χ2v) is 5.54. The smallest absolute Gasteiger partial charge is 0.308 e. The van der Waals surface area contributed by atoms with E-state index in [1.807, 2.05) is 56.4 Å². The fraction of sp³-hybridized carbons (Fsp3) is 0.333. The van der Waals surface area contributed by atoms with Crippen LogP contribution in [0.15, 0.2) is 60.3 Å². The van der Waals surface area contributed by atoms with Crippen LogP contribution in [0, 0.1) is 11.8 Å². The summed E-state index contributed by atoms with van der Waals surface area (Å²) in [6, 6.07) is 0. The first-order valence-electron chi connectivity index (χ1n) is 7.39. The molecule has 0 spiro atoms. The molecule has 0 aromatic carbocycles. The predicted octanol–water partition coefficient (Wildman–Crippen LogP) is 3.01. The maximum Gasteiger partial charge on any atom is 0.308 e. The van der Waals surface area contributed by atoms with E-state index < -0.39 is 11.9 Å². The molecule has 118 valence electrons. The first-order chi connectivity index (χ1) is 10.5. The molecule has 1 amide bonds. The lowest BCUT2D eigenvalue weighted by Crippen LogP contribution is -2.32. The minimum Gasteiger partial charge on any atom is -0.481 e. The molecule has 0 aliphatic heterocycles. The summed E-state index contributed by atoms with van der Waals surface area (Å²) < 4.78 is 0. The van der Waals surface area contributed by atoms with Crippen LogP contribution >= 0.6 is 0 Å².